The van der Waals surface area contributed by atoms with Crippen molar-refractivity contribution in [2.75, 3.05) is 18.1 Å². The molecule has 2 atom stereocenters. The van der Waals surface area contributed by atoms with Crippen molar-refractivity contribution in [3.05, 3.63) is 0 Å². The molecule has 2 unspecified atom stereocenters. The normalized spacial score (nSPS) is 22.4. The third-order valence-corrected chi connectivity index (χ3v) is 4.34. The van der Waals surface area contributed by atoms with E-state index in [1.165, 1.54) is 4.90 Å². The summed E-state index contributed by atoms with van der Waals surface area (Å²) in [6.45, 7) is 8.55. The van der Waals surface area contributed by atoms with Gasteiger partial charge in [-0.15, -0.1) is 0 Å². The topological polar surface area (TPSA) is 69.6 Å². The number of carbonyl (C=O) groups is 2. The molecule has 1 fully saturated rings. The summed E-state index contributed by atoms with van der Waals surface area (Å²) in [5, 5.41) is 12.0. The molecule has 2 amide bonds. The second-order valence-electron chi connectivity index (χ2n) is 5.66. The number of hydrogen-bond acceptors (Lipinski definition) is 3. The third kappa shape index (κ3) is 3.80. The summed E-state index contributed by atoms with van der Waals surface area (Å²) in [5.41, 5.74) is -0.0427. The molecule has 1 saturated heterocycles. The number of nitrogens with one attached hydrogen (secondary N) is 1. The number of carboxylic acid groups (broad SMARTS) is 1. The number of thioether (sulfide) groups is 1. The minimum Gasteiger partial charge on any atom is -0.480 e. The lowest BCUT2D eigenvalue weighted by molar-refractivity contribution is -0.141. The molecule has 18 heavy (non-hydrogen) atoms. The van der Waals surface area contributed by atoms with Crippen molar-refractivity contribution < 1.29 is 14.7 Å². The lowest BCUT2D eigenvalue weighted by Gasteiger charge is -2.36. The van der Waals surface area contributed by atoms with Gasteiger partial charge >= 0.3 is 12.0 Å². The number of aliphatic carboxylic acids is 1. The number of nitrogens with zero attached hydrogens (tertiary/aromatic N) is 1. The van der Waals surface area contributed by atoms with E-state index in [2.05, 4.69) is 5.32 Å². The molecule has 0 spiro atoms. The predicted molar refractivity (Wildman–Crippen MR) is 72.9 cm³/mol. The minimum absolute atomic E-state index is 0.00553. The summed E-state index contributed by atoms with van der Waals surface area (Å²) in [4.78, 5) is 24.7. The monoisotopic (exact) mass is 274 g/mol. The maximum Gasteiger partial charge on any atom is 0.327 e. The van der Waals surface area contributed by atoms with Crippen molar-refractivity contribution in [3.8, 4) is 0 Å². The summed E-state index contributed by atoms with van der Waals surface area (Å²) in [5.74, 6) is 0.328. The van der Waals surface area contributed by atoms with Gasteiger partial charge in [0, 0.05) is 24.1 Å². The molecule has 1 heterocycles. The second kappa shape index (κ2) is 5.82. The van der Waals surface area contributed by atoms with Gasteiger partial charge < -0.3 is 15.3 Å². The van der Waals surface area contributed by atoms with Crippen molar-refractivity contribution in [1.29, 1.82) is 0 Å². The number of amides is 2. The highest BCUT2D eigenvalue weighted by Gasteiger charge is 2.34. The first-order valence-corrected chi connectivity index (χ1v) is 7.26. The van der Waals surface area contributed by atoms with Gasteiger partial charge in [-0.3, -0.25) is 0 Å². The van der Waals surface area contributed by atoms with Gasteiger partial charge in [0.05, 0.1) is 0 Å². The summed E-state index contributed by atoms with van der Waals surface area (Å²) >= 11 is 1.57. The average Bonchev–Trinajstić information content (AvgIpc) is 2.27. The Kier molecular flexibility index (Phi) is 4.90. The average molecular weight is 274 g/mol. The quantitative estimate of drug-likeness (QED) is 0.803. The zero-order valence-corrected chi connectivity index (χ0v) is 12.2. The Hall–Kier alpha value is -0.910. The van der Waals surface area contributed by atoms with E-state index in [1.54, 1.807) is 11.8 Å². The highest BCUT2D eigenvalue weighted by atomic mass is 32.2. The Labute approximate surface area is 112 Å². The van der Waals surface area contributed by atoms with Crippen molar-refractivity contribution in [1.82, 2.24) is 10.2 Å². The maximum atomic E-state index is 12.1. The molecule has 6 heteroatoms. The van der Waals surface area contributed by atoms with Crippen LogP contribution in [0.5, 0.6) is 0 Å². The Balaban J connectivity index is 2.67. The van der Waals surface area contributed by atoms with Gasteiger partial charge in [-0.25, -0.2) is 9.59 Å². The first-order chi connectivity index (χ1) is 8.23. The largest absolute Gasteiger partial charge is 0.480 e. The van der Waals surface area contributed by atoms with Gasteiger partial charge in [0.25, 0.3) is 0 Å². The summed E-state index contributed by atoms with van der Waals surface area (Å²) in [6.07, 6.45) is 0. The van der Waals surface area contributed by atoms with E-state index in [0.717, 1.165) is 5.75 Å². The van der Waals surface area contributed by atoms with Gasteiger partial charge in [0.1, 0.15) is 6.04 Å². The van der Waals surface area contributed by atoms with Crippen molar-refractivity contribution in [3.63, 3.8) is 0 Å². The summed E-state index contributed by atoms with van der Waals surface area (Å²) in [7, 11) is 0. The van der Waals surface area contributed by atoms with Crippen molar-refractivity contribution in [2.24, 2.45) is 5.41 Å². The van der Waals surface area contributed by atoms with Crippen molar-refractivity contribution >= 4 is 23.8 Å². The molecule has 0 aromatic heterocycles. The maximum absolute atomic E-state index is 12.1. The first-order valence-electron chi connectivity index (χ1n) is 6.11. The van der Waals surface area contributed by atoms with Crippen LogP contribution in [0.25, 0.3) is 0 Å². The van der Waals surface area contributed by atoms with Crippen LogP contribution < -0.4 is 5.32 Å². The predicted octanol–water partition coefficient (Wildman–Crippen LogP) is 1.63. The van der Waals surface area contributed by atoms with E-state index in [9.17, 15) is 9.59 Å². The molecule has 0 saturated carbocycles. The van der Waals surface area contributed by atoms with Crippen LogP contribution in [0.2, 0.25) is 0 Å². The second-order valence-corrected chi connectivity index (χ2v) is 6.81. The number of carboxylic acids is 1. The molecular formula is C12H22N2O3S. The smallest absolute Gasteiger partial charge is 0.327 e. The van der Waals surface area contributed by atoms with E-state index in [-0.39, 0.29) is 17.5 Å². The van der Waals surface area contributed by atoms with Crippen LogP contribution in [0.1, 0.15) is 27.7 Å². The molecule has 2 N–H and O–H groups in total. The van der Waals surface area contributed by atoms with E-state index in [0.29, 0.717) is 12.3 Å². The zero-order chi connectivity index (χ0) is 13.9. The van der Waals surface area contributed by atoms with Crippen LogP contribution in [-0.4, -0.2) is 52.1 Å². The summed E-state index contributed by atoms with van der Waals surface area (Å²) < 4.78 is 0. The zero-order valence-electron chi connectivity index (χ0n) is 11.4. The van der Waals surface area contributed by atoms with E-state index >= 15 is 0 Å². The molecule has 0 aromatic rings. The fourth-order valence-electron chi connectivity index (χ4n) is 1.54. The van der Waals surface area contributed by atoms with Crippen LogP contribution >= 0.6 is 11.8 Å². The summed E-state index contributed by atoms with van der Waals surface area (Å²) in [6, 6.07) is -0.991. The molecule has 104 valence electrons. The van der Waals surface area contributed by atoms with E-state index < -0.39 is 12.0 Å². The first kappa shape index (κ1) is 15.1. The van der Waals surface area contributed by atoms with Crippen LogP contribution in [0.15, 0.2) is 0 Å². The number of urea groups is 1. The Morgan fingerprint density at radius 3 is 2.56 bits per heavy atom. The highest BCUT2D eigenvalue weighted by Crippen LogP contribution is 2.20. The molecule has 5 nitrogen and oxygen atoms in total. The van der Waals surface area contributed by atoms with E-state index in [1.807, 2.05) is 27.7 Å². The van der Waals surface area contributed by atoms with E-state index in [4.69, 9.17) is 5.11 Å². The van der Waals surface area contributed by atoms with Gasteiger partial charge in [-0.1, -0.05) is 20.8 Å². The molecule has 1 aliphatic rings. The Morgan fingerprint density at radius 2 is 2.06 bits per heavy atom. The number of carbonyl (C=O) groups excluding carboxylic acids is 1. The van der Waals surface area contributed by atoms with Crippen LogP contribution in [0.4, 0.5) is 4.79 Å². The molecule has 0 aromatic carbocycles. The number of hydrogen-bond donors (Lipinski definition) is 2. The van der Waals surface area contributed by atoms with Gasteiger partial charge in [0.2, 0.25) is 0 Å². The van der Waals surface area contributed by atoms with Crippen LogP contribution in [0, 0.1) is 5.41 Å². The molecule has 1 aliphatic heterocycles. The fourth-order valence-corrected chi connectivity index (χ4v) is 2.57. The third-order valence-electron chi connectivity index (χ3n) is 3.31. The lowest BCUT2D eigenvalue weighted by Crippen LogP contribution is -2.56. The van der Waals surface area contributed by atoms with Gasteiger partial charge in [-0.2, -0.15) is 11.8 Å². The molecule has 1 rings (SSSR count). The molecule has 0 aliphatic carbocycles. The SMILES string of the molecule is CC(NC(=O)N1CCSCC1C(=O)O)C(C)(C)C. The van der Waals surface area contributed by atoms with Crippen LogP contribution in [0.3, 0.4) is 0 Å². The molecule has 0 bridgehead atoms. The molecule has 0 radical (unpaired) electrons. The Bertz CT molecular complexity index is 328. The van der Waals surface area contributed by atoms with Gasteiger partial charge in [-0.05, 0) is 12.3 Å². The highest BCUT2D eigenvalue weighted by molar-refractivity contribution is 7.99. The van der Waals surface area contributed by atoms with Crippen molar-refractivity contribution in [2.45, 2.75) is 39.8 Å². The van der Waals surface area contributed by atoms with Crippen LogP contribution in [-0.2, 0) is 4.79 Å². The van der Waals surface area contributed by atoms with Gasteiger partial charge in [0.15, 0.2) is 0 Å². The standard InChI is InChI=1S/C12H22N2O3S/c1-8(12(2,3)4)13-11(17)14-5-6-18-7-9(14)10(15)16/h8-9H,5-7H2,1-4H3,(H,13,17)(H,15,16). The fraction of sp³-hybridized carbons (Fsp3) is 0.833. The minimum atomic E-state index is -0.930. The lowest BCUT2D eigenvalue weighted by atomic mass is 9.88. The molecular weight excluding hydrogens is 252 g/mol. The Morgan fingerprint density at radius 1 is 1.44 bits per heavy atom. The number of rotatable bonds is 2.